The van der Waals surface area contributed by atoms with Crippen molar-refractivity contribution >= 4 is 21.7 Å². The third-order valence-corrected chi connectivity index (χ3v) is 5.42. The predicted octanol–water partition coefficient (Wildman–Crippen LogP) is 5.05. The molecule has 1 aliphatic heterocycles. The Bertz CT molecular complexity index is 457. The van der Waals surface area contributed by atoms with E-state index in [1.54, 1.807) is 0 Å². The van der Waals surface area contributed by atoms with E-state index < -0.39 is 0 Å². The molecule has 1 aromatic rings. The van der Waals surface area contributed by atoms with Crippen LogP contribution in [0.5, 0.6) is 0 Å². The number of fused-ring (bicyclic) bond motifs is 1. The second kappa shape index (κ2) is 7.44. The van der Waals surface area contributed by atoms with Crippen LogP contribution in [0.3, 0.4) is 0 Å². The lowest BCUT2D eigenvalue weighted by atomic mass is 10.0. The van der Waals surface area contributed by atoms with Gasteiger partial charge in [0, 0.05) is 23.6 Å². The second-order valence-corrected chi connectivity index (χ2v) is 6.78. The van der Waals surface area contributed by atoms with Gasteiger partial charge in [-0.05, 0) is 47.7 Å². The molecule has 0 aromatic carbocycles. The largest absolute Gasteiger partial charge is 0.359 e. The number of halogens is 1. The summed E-state index contributed by atoms with van der Waals surface area (Å²) in [5.41, 5.74) is 4.09. The molecular weight excluding hydrogens is 312 g/mol. The first-order valence-corrected chi connectivity index (χ1v) is 8.83. The first-order chi connectivity index (χ1) is 9.65. The average Bonchev–Trinajstić information content (AvgIpc) is 2.81. The number of rotatable bonds is 7. The van der Waals surface area contributed by atoms with Crippen LogP contribution in [0.1, 0.15) is 62.3 Å². The second-order valence-electron chi connectivity index (χ2n) is 5.99. The summed E-state index contributed by atoms with van der Waals surface area (Å²) in [5.74, 6) is 1.21. The Labute approximate surface area is 132 Å². The number of likely N-dealkylation sites (N-methyl/N-ethyl adjacent to an activating group) is 1. The number of anilines is 1. The summed E-state index contributed by atoms with van der Waals surface area (Å²) in [6, 6.07) is 0. The fourth-order valence-electron chi connectivity index (χ4n) is 3.00. The minimum absolute atomic E-state index is 1.11. The normalized spacial score (nSPS) is 13.9. The van der Waals surface area contributed by atoms with E-state index in [1.165, 1.54) is 65.6 Å². The van der Waals surface area contributed by atoms with Gasteiger partial charge in [0.1, 0.15) is 5.82 Å². The highest BCUT2D eigenvalue weighted by Crippen LogP contribution is 2.34. The Kier molecular flexibility index (Phi) is 5.88. The Morgan fingerprint density at radius 2 is 1.85 bits per heavy atom. The quantitative estimate of drug-likeness (QED) is 0.647. The molecule has 1 aliphatic rings. The smallest absolute Gasteiger partial charge is 0.132 e. The van der Waals surface area contributed by atoms with Gasteiger partial charge >= 0.3 is 0 Å². The van der Waals surface area contributed by atoms with Crippen molar-refractivity contribution in [2.24, 2.45) is 0 Å². The number of aryl methyl sites for hydroxylation is 1. The maximum absolute atomic E-state index is 4.91. The van der Waals surface area contributed by atoms with Gasteiger partial charge in [0.05, 0.1) is 5.69 Å². The topological polar surface area (TPSA) is 16.1 Å². The predicted molar refractivity (Wildman–Crippen MR) is 90.7 cm³/mol. The molecule has 0 spiro atoms. The molecule has 2 heterocycles. The molecule has 0 saturated heterocycles. The molecular formula is C17H27BrN2. The number of aromatic nitrogens is 1. The number of hydrogen-bond acceptors (Lipinski definition) is 2. The van der Waals surface area contributed by atoms with Gasteiger partial charge in [-0.3, -0.25) is 0 Å². The number of nitrogens with zero attached hydrogens (tertiary/aromatic N) is 2. The van der Waals surface area contributed by atoms with Crippen molar-refractivity contribution in [1.29, 1.82) is 0 Å². The molecule has 0 aliphatic carbocycles. The van der Waals surface area contributed by atoms with Crippen LogP contribution in [0.15, 0.2) is 4.47 Å². The molecule has 0 amide bonds. The summed E-state index contributed by atoms with van der Waals surface area (Å²) in [7, 11) is 2.15. The van der Waals surface area contributed by atoms with E-state index >= 15 is 0 Å². The molecule has 20 heavy (non-hydrogen) atoms. The zero-order valence-electron chi connectivity index (χ0n) is 13.1. The van der Waals surface area contributed by atoms with Gasteiger partial charge in [0.2, 0.25) is 0 Å². The summed E-state index contributed by atoms with van der Waals surface area (Å²) in [5, 5.41) is 0. The van der Waals surface area contributed by atoms with Crippen molar-refractivity contribution in [3.05, 3.63) is 21.3 Å². The minimum Gasteiger partial charge on any atom is -0.359 e. The van der Waals surface area contributed by atoms with Crippen molar-refractivity contribution in [3.8, 4) is 0 Å². The lowest BCUT2D eigenvalue weighted by Crippen LogP contribution is -2.14. The minimum atomic E-state index is 1.11. The Morgan fingerprint density at radius 1 is 1.15 bits per heavy atom. The van der Waals surface area contributed by atoms with E-state index in [-0.39, 0.29) is 0 Å². The molecule has 1 aromatic heterocycles. The Hall–Kier alpha value is -0.570. The third kappa shape index (κ3) is 3.55. The van der Waals surface area contributed by atoms with E-state index in [9.17, 15) is 0 Å². The summed E-state index contributed by atoms with van der Waals surface area (Å²) in [6.45, 7) is 5.61. The zero-order chi connectivity index (χ0) is 14.5. The molecule has 0 radical (unpaired) electrons. The molecule has 0 fully saturated rings. The van der Waals surface area contributed by atoms with Crippen LogP contribution in [0, 0.1) is 6.92 Å². The highest BCUT2D eigenvalue weighted by Gasteiger charge is 2.22. The average molecular weight is 339 g/mol. The van der Waals surface area contributed by atoms with Crippen molar-refractivity contribution in [2.45, 2.75) is 65.2 Å². The van der Waals surface area contributed by atoms with E-state index in [0.717, 1.165) is 19.4 Å². The zero-order valence-corrected chi connectivity index (χ0v) is 14.7. The van der Waals surface area contributed by atoms with Crippen molar-refractivity contribution in [1.82, 2.24) is 4.98 Å². The fourth-order valence-corrected chi connectivity index (χ4v) is 3.53. The molecule has 112 valence electrons. The van der Waals surface area contributed by atoms with Crippen LogP contribution in [0.25, 0.3) is 0 Å². The van der Waals surface area contributed by atoms with Crippen LogP contribution in [0.4, 0.5) is 5.82 Å². The van der Waals surface area contributed by atoms with Gasteiger partial charge in [-0.15, -0.1) is 0 Å². The van der Waals surface area contributed by atoms with Crippen LogP contribution in [-0.2, 0) is 12.8 Å². The van der Waals surface area contributed by atoms with Crippen LogP contribution >= 0.6 is 15.9 Å². The SMILES string of the molecule is CCCCCCCCc1nc2c(c(C)c1Br)CCN2C. The molecule has 0 bridgehead atoms. The van der Waals surface area contributed by atoms with E-state index in [1.807, 2.05) is 0 Å². The van der Waals surface area contributed by atoms with Gasteiger partial charge in [0.25, 0.3) is 0 Å². The Balaban J connectivity index is 1.95. The van der Waals surface area contributed by atoms with E-state index in [2.05, 4.69) is 41.7 Å². The number of unbranched alkanes of at least 4 members (excludes halogenated alkanes) is 5. The van der Waals surface area contributed by atoms with E-state index in [0.29, 0.717) is 0 Å². The molecule has 0 N–H and O–H groups in total. The van der Waals surface area contributed by atoms with Crippen molar-refractivity contribution < 1.29 is 0 Å². The molecule has 0 saturated carbocycles. The summed E-state index contributed by atoms with van der Waals surface area (Å²) < 4.78 is 1.25. The van der Waals surface area contributed by atoms with Gasteiger partial charge < -0.3 is 4.90 Å². The molecule has 0 atom stereocenters. The monoisotopic (exact) mass is 338 g/mol. The Morgan fingerprint density at radius 3 is 2.60 bits per heavy atom. The van der Waals surface area contributed by atoms with Crippen molar-refractivity contribution in [2.75, 3.05) is 18.5 Å². The van der Waals surface area contributed by atoms with Gasteiger partial charge in [0.15, 0.2) is 0 Å². The molecule has 0 unspecified atom stereocenters. The maximum atomic E-state index is 4.91. The first kappa shape index (κ1) is 15.8. The number of pyridine rings is 1. The highest BCUT2D eigenvalue weighted by atomic mass is 79.9. The fraction of sp³-hybridized carbons (Fsp3) is 0.706. The summed E-state index contributed by atoms with van der Waals surface area (Å²) in [6.07, 6.45) is 10.3. The first-order valence-electron chi connectivity index (χ1n) is 8.04. The van der Waals surface area contributed by atoms with Gasteiger partial charge in [-0.25, -0.2) is 4.98 Å². The van der Waals surface area contributed by atoms with Gasteiger partial charge in [-0.1, -0.05) is 39.0 Å². The summed E-state index contributed by atoms with van der Waals surface area (Å²) >= 11 is 3.77. The molecule has 2 nitrogen and oxygen atoms in total. The van der Waals surface area contributed by atoms with Gasteiger partial charge in [-0.2, -0.15) is 0 Å². The third-order valence-electron chi connectivity index (χ3n) is 4.37. The van der Waals surface area contributed by atoms with E-state index in [4.69, 9.17) is 4.98 Å². The standard InChI is InChI=1S/C17H27BrN2/c1-4-5-6-7-8-9-10-15-16(18)13(2)14-11-12-20(3)17(14)19-15/h4-12H2,1-3H3. The van der Waals surface area contributed by atoms with Crippen molar-refractivity contribution in [3.63, 3.8) is 0 Å². The lowest BCUT2D eigenvalue weighted by Gasteiger charge is -2.15. The highest BCUT2D eigenvalue weighted by molar-refractivity contribution is 9.10. The maximum Gasteiger partial charge on any atom is 0.132 e. The lowest BCUT2D eigenvalue weighted by molar-refractivity contribution is 0.604. The van der Waals surface area contributed by atoms with Crippen LogP contribution in [-0.4, -0.2) is 18.6 Å². The molecule has 2 rings (SSSR count). The number of hydrogen-bond donors (Lipinski definition) is 0. The van der Waals surface area contributed by atoms with Crippen LogP contribution in [0.2, 0.25) is 0 Å². The summed E-state index contributed by atoms with van der Waals surface area (Å²) in [4.78, 5) is 7.20. The molecule has 3 heteroatoms. The van der Waals surface area contributed by atoms with Crippen LogP contribution < -0.4 is 4.90 Å².